The van der Waals surface area contributed by atoms with Crippen LogP contribution in [0, 0.1) is 6.92 Å². The van der Waals surface area contributed by atoms with Crippen molar-refractivity contribution in [2.45, 2.75) is 13.3 Å². The Kier molecular flexibility index (Phi) is 4.73. The first-order chi connectivity index (χ1) is 14.3. The fourth-order valence-electron chi connectivity index (χ4n) is 3.39. The molecule has 0 radical (unpaired) electrons. The Balaban J connectivity index is 1.39. The largest absolute Gasteiger partial charge is 0.486 e. The molecule has 6 nitrogen and oxygen atoms in total. The van der Waals surface area contributed by atoms with Crippen molar-refractivity contribution >= 4 is 27.4 Å². The minimum Gasteiger partial charge on any atom is -0.486 e. The van der Waals surface area contributed by atoms with Crippen LogP contribution in [0.1, 0.15) is 11.1 Å². The number of ether oxygens (including phenoxy) is 2. The van der Waals surface area contributed by atoms with E-state index in [4.69, 9.17) is 19.4 Å². The monoisotopic (exact) mass is 404 g/mol. The molecule has 146 valence electrons. The summed E-state index contributed by atoms with van der Waals surface area (Å²) in [6.07, 6.45) is 2.61. The van der Waals surface area contributed by atoms with Crippen LogP contribution in [-0.4, -0.2) is 34.7 Å². The average molecular weight is 404 g/mol. The maximum Gasteiger partial charge on any atom is 0.181 e. The molecule has 1 aliphatic rings. The fourth-order valence-corrected chi connectivity index (χ4v) is 4.31. The Hall–Kier alpha value is -3.19. The second-order valence-corrected chi connectivity index (χ2v) is 7.72. The molecule has 4 aromatic rings. The Bertz CT molecular complexity index is 1160. The van der Waals surface area contributed by atoms with Crippen molar-refractivity contribution in [1.82, 2.24) is 15.0 Å². The van der Waals surface area contributed by atoms with E-state index in [2.05, 4.69) is 34.7 Å². The van der Waals surface area contributed by atoms with Gasteiger partial charge in [0.2, 0.25) is 0 Å². The van der Waals surface area contributed by atoms with Crippen LogP contribution < -0.4 is 14.8 Å². The van der Waals surface area contributed by atoms with Crippen LogP contribution >= 0.6 is 11.3 Å². The highest BCUT2D eigenvalue weighted by atomic mass is 32.1. The number of hydrogen-bond acceptors (Lipinski definition) is 7. The summed E-state index contributed by atoms with van der Waals surface area (Å²) in [5.74, 6) is 3.14. The first-order valence-electron chi connectivity index (χ1n) is 9.57. The van der Waals surface area contributed by atoms with E-state index < -0.39 is 0 Å². The number of aryl methyl sites for hydroxylation is 1. The molecule has 0 aliphatic carbocycles. The smallest absolute Gasteiger partial charge is 0.181 e. The minimum atomic E-state index is 0.599. The molecule has 0 bridgehead atoms. The molecule has 0 saturated heterocycles. The number of benzene rings is 1. The predicted molar refractivity (Wildman–Crippen MR) is 115 cm³/mol. The van der Waals surface area contributed by atoms with Crippen LogP contribution in [0.2, 0.25) is 0 Å². The Morgan fingerprint density at radius 3 is 2.83 bits per heavy atom. The van der Waals surface area contributed by atoms with E-state index in [0.29, 0.717) is 19.0 Å². The first-order valence-corrected chi connectivity index (χ1v) is 10.5. The van der Waals surface area contributed by atoms with Crippen molar-refractivity contribution in [2.75, 3.05) is 25.1 Å². The number of rotatable bonds is 5. The number of nitrogens with one attached hydrogen (secondary N) is 1. The van der Waals surface area contributed by atoms with Gasteiger partial charge < -0.3 is 14.8 Å². The lowest BCUT2D eigenvalue weighted by molar-refractivity contribution is 0.171. The normalized spacial score (nSPS) is 12.9. The standard InChI is InChI=1S/C22H20N4O2S/c1-14-13-29-22-19(14)21(25-20(26-22)16-4-2-3-8-23-16)24-9-7-15-5-6-17-18(12-15)28-11-10-27-17/h2-6,8,12-13H,7,9-11H2,1H3,(H,24,25,26). The van der Waals surface area contributed by atoms with E-state index in [-0.39, 0.29) is 0 Å². The molecule has 0 saturated carbocycles. The molecule has 7 heteroatoms. The molecule has 3 aromatic heterocycles. The molecule has 29 heavy (non-hydrogen) atoms. The van der Waals surface area contributed by atoms with E-state index >= 15 is 0 Å². The molecular formula is C22H20N4O2S. The van der Waals surface area contributed by atoms with Gasteiger partial charge >= 0.3 is 0 Å². The predicted octanol–water partition coefficient (Wildman–Crippen LogP) is 4.49. The number of fused-ring (bicyclic) bond motifs is 2. The minimum absolute atomic E-state index is 0.599. The van der Waals surface area contributed by atoms with E-state index in [1.165, 1.54) is 11.1 Å². The lowest BCUT2D eigenvalue weighted by Gasteiger charge is -2.19. The third kappa shape index (κ3) is 3.61. The molecule has 0 fully saturated rings. The molecule has 1 N–H and O–H groups in total. The number of hydrogen-bond donors (Lipinski definition) is 1. The van der Waals surface area contributed by atoms with Gasteiger partial charge in [-0.15, -0.1) is 11.3 Å². The van der Waals surface area contributed by atoms with E-state index in [0.717, 1.165) is 46.2 Å². The van der Waals surface area contributed by atoms with E-state index in [9.17, 15) is 0 Å². The SMILES string of the molecule is Cc1csc2nc(-c3ccccn3)nc(NCCc3ccc4c(c3)OCCO4)c12. The van der Waals surface area contributed by atoms with Gasteiger partial charge in [-0.3, -0.25) is 4.98 Å². The molecule has 5 rings (SSSR count). The zero-order chi connectivity index (χ0) is 19.6. The summed E-state index contributed by atoms with van der Waals surface area (Å²) in [5, 5.41) is 6.71. The van der Waals surface area contributed by atoms with Gasteiger partial charge in [0.1, 0.15) is 29.6 Å². The molecule has 0 unspecified atom stereocenters. The summed E-state index contributed by atoms with van der Waals surface area (Å²) in [6, 6.07) is 11.9. The number of aromatic nitrogens is 3. The van der Waals surface area contributed by atoms with Gasteiger partial charge in [0, 0.05) is 12.7 Å². The lowest BCUT2D eigenvalue weighted by atomic mass is 10.1. The van der Waals surface area contributed by atoms with Gasteiger partial charge in [-0.05, 0) is 54.1 Å². The van der Waals surface area contributed by atoms with Crippen LogP contribution in [0.25, 0.3) is 21.7 Å². The third-order valence-corrected chi connectivity index (χ3v) is 5.81. The highest BCUT2D eigenvalue weighted by molar-refractivity contribution is 7.17. The second kappa shape index (κ2) is 7.67. The highest BCUT2D eigenvalue weighted by Crippen LogP contribution is 2.32. The molecule has 4 heterocycles. The van der Waals surface area contributed by atoms with Gasteiger partial charge in [-0.25, -0.2) is 9.97 Å². The van der Waals surface area contributed by atoms with E-state index in [1.54, 1.807) is 17.5 Å². The number of thiophene rings is 1. The highest BCUT2D eigenvalue weighted by Gasteiger charge is 2.14. The third-order valence-electron chi connectivity index (χ3n) is 4.82. The van der Waals surface area contributed by atoms with Crippen molar-refractivity contribution in [3.8, 4) is 23.0 Å². The Labute approximate surface area is 172 Å². The maximum atomic E-state index is 5.68. The quantitative estimate of drug-likeness (QED) is 0.529. The molecular weight excluding hydrogens is 384 g/mol. The average Bonchev–Trinajstić information content (AvgIpc) is 3.15. The number of pyridine rings is 1. The number of anilines is 1. The van der Waals surface area contributed by atoms with Crippen LogP contribution in [0.3, 0.4) is 0 Å². The second-order valence-electron chi connectivity index (χ2n) is 6.86. The molecule has 0 amide bonds. The molecule has 1 aliphatic heterocycles. The van der Waals surface area contributed by atoms with Gasteiger partial charge in [0.15, 0.2) is 17.3 Å². The summed E-state index contributed by atoms with van der Waals surface area (Å²) in [5.41, 5.74) is 3.15. The van der Waals surface area contributed by atoms with Crippen molar-refractivity contribution in [3.63, 3.8) is 0 Å². The summed E-state index contributed by atoms with van der Waals surface area (Å²) >= 11 is 1.63. The lowest BCUT2D eigenvalue weighted by Crippen LogP contribution is -2.15. The van der Waals surface area contributed by atoms with Crippen LogP contribution in [0.5, 0.6) is 11.5 Å². The van der Waals surface area contributed by atoms with Crippen molar-refractivity contribution in [2.24, 2.45) is 0 Å². The maximum absolute atomic E-state index is 5.68. The van der Waals surface area contributed by atoms with Crippen LogP contribution in [0.15, 0.2) is 48.0 Å². The van der Waals surface area contributed by atoms with Crippen LogP contribution in [-0.2, 0) is 6.42 Å². The first kappa shape index (κ1) is 17.9. The fraction of sp³-hybridized carbons (Fsp3) is 0.227. The summed E-state index contributed by atoms with van der Waals surface area (Å²) in [4.78, 5) is 14.9. The van der Waals surface area contributed by atoms with Crippen molar-refractivity contribution in [1.29, 1.82) is 0 Å². The zero-order valence-corrected chi connectivity index (χ0v) is 16.8. The molecule has 0 atom stereocenters. The van der Waals surface area contributed by atoms with Crippen molar-refractivity contribution in [3.05, 3.63) is 59.1 Å². The van der Waals surface area contributed by atoms with Gasteiger partial charge in [-0.1, -0.05) is 12.1 Å². The van der Waals surface area contributed by atoms with Crippen LogP contribution in [0.4, 0.5) is 5.82 Å². The Morgan fingerprint density at radius 2 is 1.97 bits per heavy atom. The zero-order valence-electron chi connectivity index (χ0n) is 16.0. The summed E-state index contributed by atoms with van der Waals surface area (Å²) < 4.78 is 11.3. The topological polar surface area (TPSA) is 69.2 Å². The molecule has 1 aromatic carbocycles. The molecule has 0 spiro atoms. The van der Waals surface area contributed by atoms with Gasteiger partial charge in [0.05, 0.1) is 5.39 Å². The Morgan fingerprint density at radius 1 is 1.07 bits per heavy atom. The summed E-state index contributed by atoms with van der Waals surface area (Å²) in [6.45, 7) is 4.05. The van der Waals surface area contributed by atoms with Gasteiger partial charge in [-0.2, -0.15) is 0 Å². The number of nitrogens with zero attached hydrogens (tertiary/aromatic N) is 3. The van der Waals surface area contributed by atoms with E-state index in [1.807, 2.05) is 24.3 Å². The van der Waals surface area contributed by atoms with Crippen molar-refractivity contribution < 1.29 is 9.47 Å². The van der Waals surface area contributed by atoms with Gasteiger partial charge in [0.25, 0.3) is 0 Å². The summed E-state index contributed by atoms with van der Waals surface area (Å²) in [7, 11) is 0.